The maximum Gasteiger partial charge on any atom is 0.337 e. The summed E-state index contributed by atoms with van der Waals surface area (Å²) < 4.78 is 9.72. The Kier molecular flexibility index (Phi) is 4.82. The third-order valence-electron chi connectivity index (χ3n) is 3.99. The second-order valence-corrected chi connectivity index (χ2v) is 5.28. The van der Waals surface area contributed by atoms with Crippen molar-refractivity contribution >= 4 is 17.7 Å². The number of carbonyl (C=O) groups excluding carboxylic acids is 2. The molecular formula is C15H17N3O7. The van der Waals surface area contributed by atoms with Crippen molar-refractivity contribution in [2.24, 2.45) is 0 Å². The fraction of sp³-hybridized carbons (Fsp3) is 0.333. The molecule has 0 unspecified atom stereocenters. The van der Waals surface area contributed by atoms with Gasteiger partial charge in [-0.3, -0.25) is 10.1 Å². The molecule has 1 aliphatic heterocycles. The standard InChI is InChI=1S/C15H17N3O7/c1-7-11(14(20)25-4)12(16-15(21)17(7)2)8-5-9(18(22)23)13(19)10(6-8)24-3/h5-6,12,19H,1-4H3,(H,16,21)/t12-/m0/s1. The van der Waals surface area contributed by atoms with Crippen LogP contribution in [0.25, 0.3) is 0 Å². The maximum absolute atomic E-state index is 12.2. The lowest BCUT2D eigenvalue weighted by atomic mass is 9.94. The van der Waals surface area contributed by atoms with Crippen molar-refractivity contribution in [3.63, 3.8) is 0 Å². The highest BCUT2D eigenvalue weighted by Crippen LogP contribution is 2.41. The van der Waals surface area contributed by atoms with Crippen molar-refractivity contribution in [3.8, 4) is 11.5 Å². The van der Waals surface area contributed by atoms with E-state index >= 15 is 0 Å². The van der Waals surface area contributed by atoms with Crippen molar-refractivity contribution in [2.75, 3.05) is 21.3 Å². The van der Waals surface area contributed by atoms with Gasteiger partial charge >= 0.3 is 17.7 Å². The predicted octanol–water partition coefficient (Wildman–Crippen LogP) is 1.45. The Morgan fingerprint density at radius 2 is 2.04 bits per heavy atom. The first kappa shape index (κ1) is 18.0. The SMILES string of the molecule is COC(=O)C1=C(C)N(C)C(=O)N[C@H]1c1cc(OC)c(O)c([N+](=O)[O-])c1. The monoisotopic (exact) mass is 351 g/mol. The van der Waals surface area contributed by atoms with Gasteiger partial charge < -0.3 is 24.8 Å². The fourth-order valence-corrected chi connectivity index (χ4v) is 2.54. The van der Waals surface area contributed by atoms with E-state index in [1.807, 2.05) is 0 Å². The van der Waals surface area contributed by atoms with Crippen LogP contribution < -0.4 is 10.1 Å². The van der Waals surface area contributed by atoms with Crippen molar-refractivity contribution in [1.29, 1.82) is 0 Å². The maximum atomic E-state index is 12.2. The number of nitro groups is 1. The van der Waals surface area contributed by atoms with E-state index in [0.29, 0.717) is 5.70 Å². The minimum atomic E-state index is -0.996. The molecule has 10 heteroatoms. The molecule has 25 heavy (non-hydrogen) atoms. The Bertz CT molecular complexity index is 788. The highest BCUT2D eigenvalue weighted by atomic mass is 16.6. The Hall–Kier alpha value is -3.30. The molecule has 1 atom stereocenters. The van der Waals surface area contributed by atoms with Gasteiger partial charge in [-0.15, -0.1) is 0 Å². The number of esters is 1. The van der Waals surface area contributed by atoms with Crippen LogP contribution in [0.4, 0.5) is 10.5 Å². The number of ether oxygens (including phenoxy) is 2. The molecule has 10 nitrogen and oxygen atoms in total. The first-order valence-electron chi connectivity index (χ1n) is 7.11. The lowest BCUT2D eigenvalue weighted by Gasteiger charge is -2.33. The molecule has 2 amide bonds. The van der Waals surface area contributed by atoms with E-state index in [1.165, 1.54) is 32.2 Å². The average molecular weight is 351 g/mol. The van der Waals surface area contributed by atoms with Gasteiger partial charge in [0, 0.05) is 18.8 Å². The summed E-state index contributed by atoms with van der Waals surface area (Å²) in [7, 11) is 3.90. The Morgan fingerprint density at radius 1 is 1.40 bits per heavy atom. The molecule has 134 valence electrons. The summed E-state index contributed by atoms with van der Waals surface area (Å²) >= 11 is 0. The number of phenols is 1. The number of nitrogens with zero attached hydrogens (tertiary/aromatic N) is 2. The third kappa shape index (κ3) is 3.05. The number of hydrogen-bond acceptors (Lipinski definition) is 7. The average Bonchev–Trinajstić information content (AvgIpc) is 2.58. The van der Waals surface area contributed by atoms with Crippen molar-refractivity contribution in [3.05, 3.63) is 39.1 Å². The van der Waals surface area contributed by atoms with Crippen molar-refractivity contribution < 1.29 is 29.1 Å². The number of allylic oxidation sites excluding steroid dienone is 1. The van der Waals surface area contributed by atoms with Crippen LogP contribution in [-0.2, 0) is 9.53 Å². The number of methoxy groups -OCH3 is 2. The molecule has 0 bridgehead atoms. The van der Waals surface area contributed by atoms with E-state index in [2.05, 4.69) is 5.32 Å². The number of aromatic hydroxyl groups is 1. The van der Waals surface area contributed by atoms with Crippen LogP contribution in [0.2, 0.25) is 0 Å². The minimum absolute atomic E-state index is 0.117. The molecule has 1 aromatic carbocycles. The topological polar surface area (TPSA) is 131 Å². The zero-order chi connectivity index (χ0) is 18.9. The van der Waals surface area contributed by atoms with Crippen LogP contribution in [0, 0.1) is 10.1 Å². The molecule has 0 radical (unpaired) electrons. The van der Waals surface area contributed by atoms with Crippen molar-refractivity contribution in [1.82, 2.24) is 10.2 Å². The van der Waals surface area contributed by atoms with Gasteiger partial charge in [-0.05, 0) is 18.6 Å². The van der Waals surface area contributed by atoms with Crippen LogP contribution >= 0.6 is 0 Å². The van der Waals surface area contributed by atoms with Crippen LogP contribution in [0.5, 0.6) is 11.5 Å². The summed E-state index contributed by atoms with van der Waals surface area (Å²) in [6.45, 7) is 1.56. The van der Waals surface area contributed by atoms with Gasteiger partial charge in [0.15, 0.2) is 5.75 Å². The quantitative estimate of drug-likeness (QED) is 0.477. The van der Waals surface area contributed by atoms with Gasteiger partial charge in [-0.25, -0.2) is 9.59 Å². The summed E-state index contributed by atoms with van der Waals surface area (Å²) in [5.41, 5.74) is 0.0499. The van der Waals surface area contributed by atoms with Crippen LogP contribution in [-0.4, -0.2) is 48.2 Å². The number of carbonyl (C=O) groups is 2. The molecule has 2 N–H and O–H groups in total. The van der Waals surface area contributed by atoms with Gasteiger partial charge in [0.2, 0.25) is 5.75 Å². The summed E-state index contributed by atoms with van der Waals surface area (Å²) in [4.78, 5) is 35.9. The molecule has 1 heterocycles. The summed E-state index contributed by atoms with van der Waals surface area (Å²) in [5.74, 6) is -1.49. The summed E-state index contributed by atoms with van der Waals surface area (Å²) in [5, 5.41) is 23.6. The number of hydrogen-bond donors (Lipinski definition) is 2. The first-order valence-corrected chi connectivity index (χ1v) is 7.11. The predicted molar refractivity (Wildman–Crippen MR) is 85.1 cm³/mol. The van der Waals surface area contributed by atoms with Gasteiger partial charge in [-0.2, -0.15) is 0 Å². The van der Waals surface area contributed by atoms with E-state index in [4.69, 9.17) is 9.47 Å². The first-order chi connectivity index (χ1) is 11.7. The van der Waals surface area contributed by atoms with Crippen LogP contribution in [0.1, 0.15) is 18.5 Å². The van der Waals surface area contributed by atoms with Gasteiger partial charge in [0.05, 0.1) is 30.8 Å². The van der Waals surface area contributed by atoms with Gasteiger partial charge in [0.1, 0.15) is 0 Å². The Balaban J connectivity index is 2.70. The molecule has 0 aromatic heterocycles. The highest BCUT2D eigenvalue weighted by Gasteiger charge is 2.36. The second kappa shape index (κ2) is 6.67. The van der Waals surface area contributed by atoms with E-state index in [0.717, 1.165) is 6.07 Å². The summed E-state index contributed by atoms with van der Waals surface area (Å²) in [6.07, 6.45) is 0. The number of amides is 2. The molecule has 0 saturated heterocycles. The number of nitrogens with one attached hydrogen (secondary N) is 1. The smallest absolute Gasteiger partial charge is 0.337 e. The fourth-order valence-electron chi connectivity index (χ4n) is 2.54. The lowest BCUT2D eigenvalue weighted by molar-refractivity contribution is -0.386. The molecule has 0 spiro atoms. The van der Waals surface area contributed by atoms with E-state index < -0.39 is 34.4 Å². The number of benzene rings is 1. The van der Waals surface area contributed by atoms with E-state index in [-0.39, 0.29) is 16.9 Å². The Labute approximate surface area is 142 Å². The summed E-state index contributed by atoms with van der Waals surface area (Å²) in [6, 6.07) is 0.897. The molecule has 0 saturated carbocycles. The van der Waals surface area contributed by atoms with Crippen LogP contribution in [0.3, 0.4) is 0 Å². The lowest BCUT2D eigenvalue weighted by Crippen LogP contribution is -2.46. The zero-order valence-electron chi connectivity index (χ0n) is 14.0. The number of urea groups is 1. The van der Waals surface area contributed by atoms with Crippen LogP contribution in [0.15, 0.2) is 23.4 Å². The minimum Gasteiger partial charge on any atom is -0.500 e. The normalized spacial score (nSPS) is 17.2. The molecule has 1 aliphatic rings. The highest BCUT2D eigenvalue weighted by molar-refractivity contribution is 5.95. The van der Waals surface area contributed by atoms with Crippen molar-refractivity contribution in [2.45, 2.75) is 13.0 Å². The van der Waals surface area contributed by atoms with E-state index in [1.54, 1.807) is 6.92 Å². The largest absolute Gasteiger partial charge is 0.500 e. The molecule has 2 rings (SSSR count). The van der Waals surface area contributed by atoms with E-state index in [9.17, 15) is 24.8 Å². The number of nitro benzene ring substituents is 1. The molecule has 0 fully saturated rings. The van der Waals surface area contributed by atoms with Gasteiger partial charge in [0.25, 0.3) is 0 Å². The number of rotatable bonds is 4. The van der Waals surface area contributed by atoms with Gasteiger partial charge in [-0.1, -0.05) is 0 Å². The second-order valence-electron chi connectivity index (χ2n) is 5.28. The molecule has 1 aromatic rings. The molecular weight excluding hydrogens is 334 g/mol. The zero-order valence-corrected chi connectivity index (χ0v) is 14.0. The molecule has 0 aliphatic carbocycles. The Morgan fingerprint density at radius 3 is 2.56 bits per heavy atom. The number of phenolic OH excluding ortho intramolecular Hbond substituents is 1. The third-order valence-corrected chi connectivity index (χ3v) is 3.99.